The molecule has 1 heterocycles. The van der Waals surface area contributed by atoms with Crippen LogP contribution in [-0.4, -0.2) is 0 Å². The molecule has 1 aromatic carbocycles. The largest absolute Gasteiger partial charge is 0.465 e. The van der Waals surface area contributed by atoms with Crippen molar-refractivity contribution in [3.8, 4) is 5.75 Å². The zero-order valence-electron chi connectivity index (χ0n) is 6.73. The molecule has 0 aromatic heterocycles. The Hall–Kier alpha value is -1.50. The lowest BCUT2D eigenvalue weighted by Gasteiger charge is -2.06. The molecule has 0 unspecified atom stereocenters. The van der Waals surface area contributed by atoms with E-state index in [9.17, 15) is 0 Å². The molecule has 0 N–H and O–H groups in total. The molecule has 0 radical (unpaired) electrons. The highest BCUT2D eigenvalue weighted by Gasteiger charge is 1.99. The van der Waals surface area contributed by atoms with Crippen molar-refractivity contribution in [2.24, 2.45) is 0 Å². The number of allylic oxidation sites excluding steroid dienone is 3. The van der Waals surface area contributed by atoms with Crippen LogP contribution >= 0.6 is 0 Å². The average Bonchev–Trinajstić information content (AvgIpc) is 2.06. The molecule has 12 heavy (non-hydrogen) atoms. The van der Waals surface area contributed by atoms with Crippen molar-refractivity contribution in [1.82, 2.24) is 0 Å². The SMILES string of the molecule is C1=C\Cc2ccccc2O\C=C/1. The van der Waals surface area contributed by atoms with Crippen LogP contribution in [0.5, 0.6) is 5.75 Å². The van der Waals surface area contributed by atoms with Gasteiger partial charge in [0, 0.05) is 0 Å². The summed E-state index contributed by atoms with van der Waals surface area (Å²) in [5.74, 6) is 0.957. The molecule has 60 valence electrons. The maximum absolute atomic E-state index is 5.40. The minimum atomic E-state index is 0.945. The summed E-state index contributed by atoms with van der Waals surface area (Å²) in [6.45, 7) is 0. The Balaban J connectivity index is 2.40. The third kappa shape index (κ3) is 1.40. The van der Waals surface area contributed by atoms with E-state index in [4.69, 9.17) is 4.74 Å². The smallest absolute Gasteiger partial charge is 0.130 e. The Kier molecular flexibility index (Phi) is 1.95. The standard InChI is InChI=1S/C11H10O/c1-2-6-10-7-3-4-8-11(10)12-9-5-1/h1-5,7-9H,6H2/b2-1-,9-5-. The molecule has 0 aliphatic carbocycles. The molecule has 2 rings (SSSR count). The van der Waals surface area contributed by atoms with E-state index < -0.39 is 0 Å². The minimum Gasteiger partial charge on any atom is -0.465 e. The molecule has 1 aromatic rings. The molecular formula is C11H10O. The number of fused-ring (bicyclic) bond motifs is 1. The molecule has 1 heteroatoms. The number of rotatable bonds is 0. The van der Waals surface area contributed by atoms with Crippen molar-refractivity contribution in [1.29, 1.82) is 0 Å². The van der Waals surface area contributed by atoms with E-state index in [0.717, 1.165) is 12.2 Å². The second-order valence-electron chi connectivity index (χ2n) is 2.69. The fourth-order valence-electron chi connectivity index (χ4n) is 1.22. The molecular weight excluding hydrogens is 148 g/mol. The van der Waals surface area contributed by atoms with Crippen LogP contribution in [-0.2, 0) is 6.42 Å². The number of ether oxygens (including phenoxy) is 1. The number of benzene rings is 1. The minimum absolute atomic E-state index is 0.945. The normalized spacial score (nSPS) is 19.7. The van der Waals surface area contributed by atoms with Crippen LogP contribution in [0.15, 0.2) is 48.8 Å². The maximum Gasteiger partial charge on any atom is 0.130 e. The summed E-state index contributed by atoms with van der Waals surface area (Å²) in [5, 5.41) is 0. The first-order valence-corrected chi connectivity index (χ1v) is 4.03. The molecule has 0 saturated carbocycles. The summed E-state index contributed by atoms with van der Waals surface area (Å²) >= 11 is 0. The van der Waals surface area contributed by atoms with Gasteiger partial charge in [-0.1, -0.05) is 30.4 Å². The Morgan fingerprint density at radius 3 is 3.00 bits per heavy atom. The van der Waals surface area contributed by atoms with E-state index in [2.05, 4.69) is 12.1 Å². The van der Waals surface area contributed by atoms with Gasteiger partial charge in [0.05, 0.1) is 6.26 Å². The molecule has 1 nitrogen and oxygen atoms in total. The third-order valence-electron chi connectivity index (χ3n) is 1.83. The molecule has 0 fully saturated rings. The van der Waals surface area contributed by atoms with Crippen LogP contribution < -0.4 is 4.74 Å². The summed E-state index contributed by atoms with van der Waals surface area (Å²) in [6, 6.07) is 8.08. The van der Waals surface area contributed by atoms with Crippen LogP contribution in [0.3, 0.4) is 0 Å². The number of hydrogen-bond donors (Lipinski definition) is 0. The van der Waals surface area contributed by atoms with Gasteiger partial charge in [-0.2, -0.15) is 0 Å². The first-order valence-electron chi connectivity index (χ1n) is 4.03. The quantitative estimate of drug-likeness (QED) is 0.564. The van der Waals surface area contributed by atoms with Gasteiger partial charge in [-0.3, -0.25) is 0 Å². The molecule has 0 amide bonds. The van der Waals surface area contributed by atoms with Gasteiger partial charge in [-0.05, 0) is 24.1 Å². The maximum atomic E-state index is 5.40. The van der Waals surface area contributed by atoms with Crippen LogP contribution in [0.4, 0.5) is 0 Å². The monoisotopic (exact) mass is 158 g/mol. The van der Waals surface area contributed by atoms with Gasteiger partial charge in [0.1, 0.15) is 5.75 Å². The van der Waals surface area contributed by atoms with Gasteiger partial charge in [-0.25, -0.2) is 0 Å². The molecule has 1 aliphatic rings. The van der Waals surface area contributed by atoms with Crippen molar-refractivity contribution in [3.05, 3.63) is 54.3 Å². The van der Waals surface area contributed by atoms with Crippen molar-refractivity contribution >= 4 is 0 Å². The summed E-state index contributed by atoms with van der Waals surface area (Å²) < 4.78 is 5.40. The van der Waals surface area contributed by atoms with Crippen LogP contribution in [0.1, 0.15) is 5.56 Å². The lowest BCUT2D eigenvalue weighted by molar-refractivity contribution is 0.475. The van der Waals surface area contributed by atoms with Gasteiger partial charge in [-0.15, -0.1) is 0 Å². The van der Waals surface area contributed by atoms with Crippen LogP contribution in [0.2, 0.25) is 0 Å². The second kappa shape index (κ2) is 3.26. The molecule has 0 spiro atoms. The Morgan fingerprint density at radius 1 is 1.08 bits per heavy atom. The highest BCUT2D eigenvalue weighted by molar-refractivity contribution is 5.36. The van der Waals surface area contributed by atoms with Gasteiger partial charge in [0.15, 0.2) is 0 Å². The summed E-state index contributed by atoms with van der Waals surface area (Å²) in [5.41, 5.74) is 1.23. The van der Waals surface area contributed by atoms with Gasteiger partial charge in [0.2, 0.25) is 0 Å². The second-order valence-corrected chi connectivity index (χ2v) is 2.69. The molecule has 1 aliphatic heterocycles. The summed E-state index contributed by atoms with van der Waals surface area (Å²) in [6.07, 6.45) is 8.67. The van der Waals surface area contributed by atoms with Gasteiger partial charge < -0.3 is 4.74 Å². The van der Waals surface area contributed by atoms with Gasteiger partial charge in [0.25, 0.3) is 0 Å². The van der Waals surface area contributed by atoms with Crippen LogP contribution in [0.25, 0.3) is 0 Å². The number of hydrogen-bond acceptors (Lipinski definition) is 1. The molecule has 0 atom stereocenters. The molecule has 0 bridgehead atoms. The summed E-state index contributed by atoms with van der Waals surface area (Å²) in [7, 11) is 0. The van der Waals surface area contributed by atoms with Gasteiger partial charge >= 0.3 is 0 Å². The average molecular weight is 158 g/mol. The lowest BCUT2D eigenvalue weighted by atomic mass is 10.1. The molecule has 0 saturated heterocycles. The first kappa shape index (κ1) is 7.17. The van der Waals surface area contributed by atoms with E-state index in [-0.39, 0.29) is 0 Å². The predicted octanol–water partition coefficient (Wildman–Crippen LogP) is 2.69. The topological polar surface area (TPSA) is 9.23 Å². The zero-order chi connectivity index (χ0) is 8.23. The van der Waals surface area contributed by atoms with E-state index >= 15 is 0 Å². The fraction of sp³-hybridized carbons (Fsp3) is 0.0909. The van der Waals surface area contributed by atoms with Crippen LogP contribution in [0, 0.1) is 0 Å². The lowest BCUT2D eigenvalue weighted by Crippen LogP contribution is -1.90. The van der Waals surface area contributed by atoms with E-state index in [0.29, 0.717) is 0 Å². The Morgan fingerprint density at radius 2 is 2.00 bits per heavy atom. The van der Waals surface area contributed by atoms with E-state index in [1.54, 1.807) is 6.26 Å². The van der Waals surface area contributed by atoms with E-state index in [1.807, 2.05) is 30.4 Å². The van der Waals surface area contributed by atoms with E-state index in [1.165, 1.54) is 5.56 Å². The Labute approximate surface area is 72.0 Å². The van der Waals surface area contributed by atoms with Crippen molar-refractivity contribution in [2.45, 2.75) is 6.42 Å². The fourth-order valence-corrected chi connectivity index (χ4v) is 1.22. The Bertz CT molecular complexity index is 291. The summed E-state index contributed by atoms with van der Waals surface area (Å²) in [4.78, 5) is 0. The van der Waals surface area contributed by atoms with Crippen molar-refractivity contribution in [3.63, 3.8) is 0 Å². The third-order valence-corrected chi connectivity index (χ3v) is 1.83. The predicted molar refractivity (Wildman–Crippen MR) is 49.1 cm³/mol. The van der Waals surface area contributed by atoms with Crippen molar-refractivity contribution < 1.29 is 4.74 Å². The highest BCUT2D eigenvalue weighted by atomic mass is 16.5. The first-order chi connectivity index (χ1) is 5.97. The zero-order valence-corrected chi connectivity index (χ0v) is 6.73. The van der Waals surface area contributed by atoms with Crippen molar-refractivity contribution in [2.75, 3.05) is 0 Å². The number of para-hydroxylation sites is 1. The highest BCUT2D eigenvalue weighted by Crippen LogP contribution is 2.19.